The zero-order chi connectivity index (χ0) is 13.2. The summed E-state index contributed by atoms with van der Waals surface area (Å²) in [4.78, 5) is 9.98. The topological polar surface area (TPSA) is 72.6 Å². The van der Waals surface area contributed by atoms with Crippen LogP contribution in [0.1, 0.15) is 13.8 Å². The molecule has 1 N–H and O–H groups in total. The van der Waals surface area contributed by atoms with E-state index in [0.29, 0.717) is 0 Å². The fourth-order valence-corrected chi connectivity index (χ4v) is 1.61. The quantitative estimate of drug-likeness (QED) is 0.685. The minimum Gasteiger partial charge on any atom is -0.483 e. The number of halogens is 2. The van der Waals surface area contributed by atoms with Gasteiger partial charge in [0.1, 0.15) is 12.4 Å². The van der Waals surface area contributed by atoms with E-state index < -0.39 is 22.0 Å². The lowest BCUT2D eigenvalue weighted by atomic mass is 10.2. The van der Waals surface area contributed by atoms with Gasteiger partial charge >= 0.3 is 5.69 Å². The van der Waals surface area contributed by atoms with Gasteiger partial charge in [-0.25, -0.2) is 4.39 Å². The van der Waals surface area contributed by atoms with E-state index in [2.05, 4.69) is 15.9 Å². The largest absolute Gasteiger partial charge is 0.483 e. The van der Waals surface area contributed by atoms with Crippen LogP contribution in [0.5, 0.6) is 5.75 Å². The predicted molar refractivity (Wildman–Crippen MR) is 62.5 cm³/mol. The molecule has 1 aromatic carbocycles. The number of aliphatic hydroxyl groups is 1. The molecular weight excluding hydrogens is 297 g/mol. The van der Waals surface area contributed by atoms with Crippen molar-refractivity contribution >= 4 is 21.6 Å². The Morgan fingerprint density at radius 2 is 2.18 bits per heavy atom. The lowest BCUT2D eigenvalue weighted by Crippen LogP contribution is -2.28. The zero-order valence-corrected chi connectivity index (χ0v) is 10.8. The number of benzene rings is 1. The molecule has 1 rings (SSSR count). The molecule has 0 aliphatic carbocycles. The van der Waals surface area contributed by atoms with Gasteiger partial charge in [0.15, 0.2) is 0 Å². The highest BCUT2D eigenvalue weighted by atomic mass is 79.9. The van der Waals surface area contributed by atoms with Gasteiger partial charge in [0.25, 0.3) is 0 Å². The van der Waals surface area contributed by atoms with Crippen LogP contribution in [0.2, 0.25) is 0 Å². The Morgan fingerprint density at radius 1 is 1.59 bits per heavy atom. The SMILES string of the molecule is CC(C)(O)COc1c(Br)cc(F)cc1[N+](=O)[O-]. The van der Waals surface area contributed by atoms with Gasteiger partial charge in [-0.1, -0.05) is 0 Å². The fourth-order valence-electron chi connectivity index (χ4n) is 1.07. The maximum Gasteiger partial charge on any atom is 0.315 e. The minimum absolute atomic E-state index is 0.0986. The Bertz CT molecular complexity index is 445. The fraction of sp³-hybridized carbons (Fsp3) is 0.400. The molecule has 0 spiro atoms. The molecule has 0 radical (unpaired) electrons. The third-order valence-corrected chi connectivity index (χ3v) is 2.34. The highest BCUT2D eigenvalue weighted by Gasteiger charge is 2.23. The lowest BCUT2D eigenvalue weighted by Gasteiger charge is -2.18. The summed E-state index contributed by atoms with van der Waals surface area (Å²) in [7, 11) is 0. The van der Waals surface area contributed by atoms with Crippen LogP contribution in [0.4, 0.5) is 10.1 Å². The van der Waals surface area contributed by atoms with Crippen molar-refractivity contribution in [3.63, 3.8) is 0 Å². The van der Waals surface area contributed by atoms with Crippen molar-refractivity contribution < 1.29 is 19.2 Å². The molecule has 94 valence electrons. The number of hydrogen-bond donors (Lipinski definition) is 1. The second kappa shape index (κ2) is 4.97. The molecule has 7 heteroatoms. The van der Waals surface area contributed by atoms with Crippen molar-refractivity contribution in [2.45, 2.75) is 19.4 Å². The monoisotopic (exact) mass is 307 g/mol. The number of hydrogen-bond acceptors (Lipinski definition) is 4. The van der Waals surface area contributed by atoms with Crippen molar-refractivity contribution in [2.24, 2.45) is 0 Å². The molecule has 1 aromatic rings. The van der Waals surface area contributed by atoms with Gasteiger partial charge in [0.2, 0.25) is 5.75 Å². The van der Waals surface area contributed by atoms with Crippen LogP contribution in [-0.4, -0.2) is 22.2 Å². The molecule has 0 saturated carbocycles. The molecular formula is C10H11BrFNO4. The van der Waals surface area contributed by atoms with Crippen molar-refractivity contribution in [1.29, 1.82) is 0 Å². The van der Waals surface area contributed by atoms with Crippen LogP contribution in [0.3, 0.4) is 0 Å². The van der Waals surface area contributed by atoms with Crippen LogP contribution in [0.25, 0.3) is 0 Å². The van der Waals surface area contributed by atoms with Crippen LogP contribution in [0, 0.1) is 15.9 Å². The Morgan fingerprint density at radius 3 is 2.65 bits per heavy atom. The first kappa shape index (κ1) is 13.9. The third-order valence-electron chi connectivity index (χ3n) is 1.76. The van der Waals surface area contributed by atoms with Crippen LogP contribution < -0.4 is 4.74 Å². The molecule has 0 aliphatic heterocycles. The molecule has 0 fully saturated rings. The summed E-state index contributed by atoms with van der Waals surface area (Å²) in [6.07, 6.45) is 0. The number of ether oxygens (including phenoxy) is 1. The lowest BCUT2D eigenvalue weighted by molar-refractivity contribution is -0.386. The van der Waals surface area contributed by atoms with E-state index in [1.54, 1.807) is 0 Å². The van der Waals surface area contributed by atoms with Gasteiger partial charge in [0, 0.05) is 0 Å². The predicted octanol–water partition coefficient (Wildman–Crippen LogP) is 2.65. The average molecular weight is 308 g/mol. The van der Waals surface area contributed by atoms with Gasteiger partial charge in [-0.15, -0.1) is 0 Å². The number of rotatable bonds is 4. The van der Waals surface area contributed by atoms with Crippen molar-refractivity contribution in [1.82, 2.24) is 0 Å². The van der Waals surface area contributed by atoms with E-state index >= 15 is 0 Å². The van der Waals surface area contributed by atoms with Crippen molar-refractivity contribution in [2.75, 3.05) is 6.61 Å². The summed E-state index contributed by atoms with van der Waals surface area (Å²) in [6, 6.07) is 1.83. The van der Waals surface area contributed by atoms with Crippen molar-refractivity contribution in [3.05, 3.63) is 32.5 Å². The Hall–Kier alpha value is -1.21. The molecule has 17 heavy (non-hydrogen) atoms. The number of nitrogens with zero attached hydrogens (tertiary/aromatic N) is 1. The summed E-state index contributed by atoms with van der Waals surface area (Å²) < 4.78 is 18.3. The second-order valence-electron chi connectivity index (χ2n) is 4.09. The van der Waals surface area contributed by atoms with Crippen LogP contribution >= 0.6 is 15.9 Å². The summed E-state index contributed by atoms with van der Waals surface area (Å²) >= 11 is 2.98. The van der Waals surface area contributed by atoms with Crippen LogP contribution in [-0.2, 0) is 0 Å². The summed E-state index contributed by atoms with van der Waals surface area (Å²) in [5.74, 6) is -0.835. The van der Waals surface area contributed by atoms with Gasteiger partial charge in [-0.05, 0) is 35.8 Å². The molecule has 5 nitrogen and oxygen atoms in total. The average Bonchev–Trinajstić information content (AvgIpc) is 2.13. The Kier molecular flexibility index (Phi) is 4.05. The van der Waals surface area contributed by atoms with E-state index in [1.807, 2.05) is 0 Å². The number of nitro benzene ring substituents is 1. The summed E-state index contributed by atoms with van der Waals surface area (Å²) in [5.41, 5.74) is -1.62. The maximum atomic E-state index is 13.0. The summed E-state index contributed by atoms with van der Waals surface area (Å²) in [6.45, 7) is 2.85. The smallest absolute Gasteiger partial charge is 0.315 e. The molecule has 0 aliphatic rings. The molecule has 0 atom stereocenters. The first-order valence-corrected chi connectivity index (χ1v) is 5.48. The standard InChI is InChI=1S/C10H11BrFNO4/c1-10(2,14)5-17-9-7(11)3-6(12)4-8(9)13(15)16/h3-4,14H,5H2,1-2H3. The first-order chi connectivity index (χ1) is 7.70. The normalized spacial score (nSPS) is 11.4. The molecule has 0 amide bonds. The minimum atomic E-state index is -1.14. The molecule has 0 bridgehead atoms. The van der Waals surface area contributed by atoms with Gasteiger partial charge in [-0.2, -0.15) is 0 Å². The van der Waals surface area contributed by atoms with Gasteiger partial charge in [-0.3, -0.25) is 10.1 Å². The van der Waals surface area contributed by atoms with E-state index in [0.717, 1.165) is 12.1 Å². The second-order valence-corrected chi connectivity index (χ2v) is 4.95. The molecule has 0 heterocycles. The molecule has 0 saturated heterocycles. The third kappa shape index (κ3) is 3.94. The molecule has 0 unspecified atom stereocenters. The Balaban J connectivity index is 3.09. The van der Waals surface area contributed by atoms with E-state index in [4.69, 9.17) is 4.74 Å². The van der Waals surface area contributed by atoms with Gasteiger partial charge in [0.05, 0.1) is 21.1 Å². The van der Waals surface area contributed by atoms with E-state index in [1.165, 1.54) is 13.8 Å². The van der Waals surface area contributed by atoms with Gasteiger partial charge < -0.3 is 9.84 Å². The number of nitro groups is 1. The highest BCUT2D eigenvalue weighted by Crippen LogP contribution is 2.36. The summed E-state index contributed by atoms with van der Waals surface area (Å²) in [5, 5.41) is 20.2. The first-order valence-electron chi connectivity index (χ1n) is 4.69. The highest BCUT2D eigenvalue weighted by molar-refractivity contribution is 9.10. The van der Waals surface area contributed by atoms with Crippen molar-refractivity contribution in [3.8, 4) is 5.75 Å². The Labute approximate surface area is 105 Å². The molecule has 0 aromatic heterocycles. The maximum absolute atomic E-state index is 13.0. The van der Waals surface area contributed by atoms with E-state index in [-0.39, 0.29) is 16.8 Å². The van der Waals surface area contributed by atoms with E-state index in [9.17, 15) is 19.6 Å². The van der Waals surface area contributed by atoms with Crippen LogP contribution in [0.15, 0.2) is 16.6 Å². The zero-order valence-electron chi connectivity index (χ0n) is 9.24.